The standard InChI is InChI=1S/C20H17F3N4/c21-15-4-6-16(7-5-15)25-20-24-10-14-12-27(9-8-18(14)26-20)11-13-2-1-3-17(22)19(13)23/h1-7,10H,8-9,11-12H2,(H,24,25,26). The molecule has 2 aromatic carbocycles. The summed E-state index contributed by atoms with van der Waals surface area (Å²) in [5.41, 5.74) is 2.93. The van der Waals surface area contributed by atoms with Crippen molar-refractivity contribution in [1.29, 1.82) is 0 Å². The molecule has 0 aliphatic carbocycles. The van der Waals surface area contributed by atoms with Crippen LogP contribution in [0.5, 0.6) is 0 Å². The molecule has 1 aromatic heterocycles. The van der Waals surface area contributed by atoms with Crippen molar-refractivity contribution >= 4 is 11.6 Å². The van der Waals surface area contributed by atoms with Crippen molar-refractivity contribution in [2.24, 2.45) is 0 Å². The number of nitrogens with zero attached hydrogens (tertiary/aromatic N) is 3. The van der Waals surface area contributed by atoms with E-state index >= 15 is 0 Å². The molecule has 1 aliphatic heterocycles. The Morgan fingerprint density at radius 1 is 1.04 bits per heavy atom. The second-order valence-corrected chi connectivity index (χ2v) is 6.47. The number of aromatic nitrogens is 2. The maximum absolute atomic E-state index is 13.9. The van der Waals surface area contributed by atoms with Crippen LogP contribution < -0.4 is 5.32 Å². The van der Waals surface area contributed by atoms with E-state index in [-0.39, 0.29) is 5.82 Å². The van der Waals surface area contributed by atoms with E-state index in [1.165, 1.54) is 18.2 Å². The van der Waals surface area contributed by atoms with Gasteiger partial charge in [-0.15, -0.1) is 0 Å². The van der Waals surface area contributed by atoms with E-state index in [0.29, 0.717) is 43.3 Å². The zero-order valence-corrected chi connectivity index (χ0v) is 14.4. The van der Waals surface area contributed by atoms with Gasteiger partial charge >= 0.3 is 0 Å². The number of hydrogen-bond acceptors (Lipinski definition) is 4. The molecule has 3 aromatic rings. The third-order valence-electron chi connectivity index (χ3n) is 4.54. The highest BCUT2D eigenvalue weighted by atomic mass is 19.2. The van der Waals surface area contributed by atoms with E-state index in [4.69, 9.17) is 0 Å². The highest BCUT2D eigenvalue weighted by Crippen LogP contribution is 2.22. The number of anilines is 2. The fourth-order valence-corrected chi connectivity index (χ4v) is 3.14. The topological polar surface area (TPSA) is 41.1 Å². The number of nitrogens with one attached hydrogen (secondary N) is 1. The molecule has 0 radical (unpaired) electrons. The van der Waals surface area contributed by atoms with E-state index in [0.717, 1.165) is 17.3 Å². The van der Waals surface area contributed by atoms with Gasteiger partial charge in [0.1, 0.15) is 5.82 Å². The van der Waals surface area contributed by atoms with E-state index in [1.807, 2.05) is 4.90 Å². The molecule has 0 atom stereocenters. The van der Waals surface area contributed by atoms with Crippen LogP contribution in [0.2, 0.25) is 0 Å². The molecule has 138 valence electrons. The SMILES string of the molecule is Fc1ccc(Nc2ncc3c(n2)CCN(Cc2cccc(F)c2F)C3)cc1. The predicted octanol–water partition coefficient (Wildman–Crippen LogP) is 4.20. The Kier molecular flexibility index (Phi) is 4.77. The van der Waals surface area contributed by atoms with Crippen LogP contribution in [0.25, 0.3) is 0 Å². The molecule has 0 saturated carbocycles. The molecule has 7 heteroatoms. The van der Waals surface area contributed by atoms with Gasteiger partial charge in [-0.05, 0) is 30.3 Å². The molecular weight excluding hydrogens is 353 g/mol. The zero-order valence-electron chi connectivity index (χ0n) is 14.4. The summed E-state index contributed by atoms with van der Waals surface area (Å²) in [5.74, 6) is -1.48. The molecule has 0 amide bonds. The van der Waals surface area contributed by atoms with E-state index in [2.05, 4.69) is 15.3 Å². The van der Waals surface area contributed by atoms with Crippen molar-refractivity contribution in [2.45, 2.75) is 19.5 Å². The maximum atomic E-state index is 13.9. The van der Waals surface area contributed by atoms with E-state index in [1.54, 1.807) is 24.4 Å². The fraction of sp³-hybridized carbons (Fsp3) is 0.200. The van der Waals surface area contributed by atoms with Crippen LogP contribution in [0.15, 0.2) is 48.7 Å². The quantitative estimate of drug-likeness (QED) is 0.748. The first kappa shape index (κ1) is 17.5. The van der Waals surface area contributed by atoms with Crippen LogP contribution >= 0.6 is 0 Å². The minimum absolute atomic E-state index is 0.304. The predicted molar refractivity (Wildman–Crippen MR) is 95.9 cm³/mol. The van der Waals surface area contributed by atoms with Crippen molar-refractivity contribution in [3.63, 3.8) is 0 Å². The van der Waals surface area contributed by atoms with Crippen LogP contribution in [0.4, 0.5) is 24.8 Å². The monoisotopic (exact) mass is 370 g/mol. The summed E-state index contributed by atoms with van der Waals surface area (Å²) in [4.78, 5) is 10.9. The molecule has 0 spiro atoms. The minimum Gasteiger partial charge on any atom is -0.324 e. The minimum atomic E-state index is -0.829. The van der Waals surface area contributed by atoms with Crippen LogP contribution in [0.3, 0.4) is 0 Å². The first-order valence-electron chi connectivity index (χ1n) is 8.61. The van der Waals surface area contributed by atoms with Gasteiger partial charge in [0.05, 0.1) is 5.69 Å². The van der Waals surface area contributed by atoms with Crippen LogP contribution in [-0.2, 0) is 19.5 Å². The molecule has 4 rings (SSSR count). The number of fused-ring (bicyclic) bond motifs is 1. The third kappa shape index (κ3) is 3.93. The summed E-state index contributed by atoms with van der Waals surface area (Å²) in [6.07, 6.45) is 2.43. The number of benzene rings is 2. The lowest BCUT2D eigenvalue weighted by atomic mass is 10.1. The number of halogens is 3. The van der Waals surface area contributed by atoms with Crippen molar-refractivity contribution < 1.29 is 13.2 Å². The Morgan fingerprint density at radius 3 is 2.67 bits per heavy atom. The lowest BCUT2D eigenvalue weighted by Crippen LogP contribution is -2.31. The largest absolute Gasteiger partial charge is 0.324 e. The van der Waals surface area contributed by atoms with Crippen LogP contribution in [0.1, 0.15) is 16.8 Å². The smallest absolute Gasteiger partial charge is 0.227 e. The lowest BCUT2D eigenvalue weighted by molar-refractivity contribution is 0.238. The average molecular weight is 370 g/mol. The Balaban J connectivity index is 1.46. The van der Waals surface area contributed by atoms with Gasteiger partial charge in [0.25, 0.3) is 0 Å². The average Bonchev–Trinajstić information content (AvgIpc) is 2.67. The van der Waals surface area contributed by atoms with Gasteiger partial charge in [0.15, 0.2) is 11.6 Å². The first-order valence-corrected chi connectivity index (χ1v) is 8.61. The van der Waals surface area contributed by atoms with Crippen molar-refractivity contribution in [3.8, 4) is 0 Å². The first-order chi connectivity index (χ1) is 13.1. The fourth-order valence-electron chi connectivity index (χ4n) is 3.14. The van der Waals surface area contributed by atoms with Crippen molar-refractivity contribution in [2.75, 3.05) is 11.9 Å². The van der Waals surface area contributed by atoms with Gasteiger partial charge in [0.2, 0.25) is 5.95 Å². The Bertz CT molecular complexity index is 960. The summed E-state index contributed by atoms with van der Waals surface area (Å²) in [6, 6.07) is 10.2. The summed E-state index contributed by atoms with van der Waals surface area (Å²) < 4.78 is 40.2. The normalized spacial score (nSPS) is 14.0. The molecule has 0 fully saturated rings. The summed E-state index contributed by atoms with van der Waals surface area (Å²) in [6.45, 7) is 1.59. The van der Waals surface area contributed by atoms with Gasteiger partial charge in [-0.3, -0.25) is 4.90 Å². The molecule has 0 bridgehead atoms. The van der Waals surface area contributed by atoms with Gasteiger partial charge in [0, 0.05) is 49.1 Å². The molecule has 0 unspecified atom stereocenters. The Morgan fingerprint density at radius 2 is 1.85 bits per heavy atom. The molecule has 2 heterocycles. The molecule has 0 saturated heterocycles. The van der Waals surface area contributed by atoms with Gasteiger partial charge < -0.3 is 5.32 Å². The number of hydrogen-bond donors (Lipinski definition) is 1. The zero-order chi connectivity index (χ0) is 18.8. The van der Waals surface area contributed by atoms with E-state index in [9.17, 15) is 13.2 Å². The lowest BCUT2D eigenvalue weighted by Gasteiger charge is -2.28. The highest BCUT2D eigenvalue weighted by molar-refractivity contribution is 5.53. The van der Waals surface area contributed by atoms with Gasteiger partial charge in [-0.1, -0.05) is 12.1 Å². The van der Waals surface area contributed by atoms with E-state index < -0.39 is 11.6 Å². The molecular formula is C20H17F3N4. The third-order valence-corrected chi connectivity index (χ3v) is 4.54. The molecule has 27 heavy (non-hydrogen) atoms. The maximum Gasteiger partial charge on any atom is 0.227 e. The van der Waals surface area contributed by atoms with Gasteiger partial charge in [-0.25, -0.2) is 23.1 Å². The molecule has 1 N–H and O–H groups in total. The second kappa shape index (κ2) is 7.36. The summed E-state index contributed by atoms with van der Waals surface area (Å²) in [7, 11) is 0. The van der Waals surface area contributed by atoms with Crippen molar-refractivity contribution in [3.05, 3.63) is 82.9 Å². The summed E-state index contributed by atoms with van der Waals surface area (Å²) in [5, 5.41) is 3.05. The highest BCUT2D eigenvalue weighted by Gasteiger charge is 2.20. The Hall–Kier alpha value is -2.93. The second-order valence-electron chi connectivity index (χ2n) is 6.47. The number of rotatable bonds is 4. The molecule has 1 aliphatic rings. The van der Waals surface area contributed by atoms with Crippen LogP contribution in [-0.4, -0.2) is 21.4 Å². The molecule has 4 nitrogen and oxygen atoms in total. The Labute approximate surface area is 154 Å². The van der Waals surface area contributed by atoms with Crippen molar-refractivity contribution in [1.82, 2.24) is 14.9 Å². The van der Waals surface area contributed by atoms with Crippen LogP contribution in [0, 0.1) is 17.5 Å². The van der Waals surface area contributed by atoms with Gasteiger partial charge in [-0.2, -0.15) is 0 Å². The summed E-state index contributed by atoms with van der Waals surface area (Å²) >= 11 is 0.